The van der Waals surface area contributed by atoms with Crippen LogP contribution < -0.4 is 24.3 Å². The summed E-state index contributed by atoms with van der Waals surface area (Å²) < 4.78 is 35.4. The number of amides is 1. The van der Waals surface area contributed by atoms with Crippen molar-refractivity contribution in [1.29, 1.82) is 0 Å². The fourth-order valence-corrected chi connectivity index (χ4v) is 8.70. The zero-order chi connectivity index (χ0) is 48.9. The lowest BCUT2D eigenvalue weighted by atomic mass is 10.1. The number of ether oxygens (including phenoxy) is 4. The first kappa shape index (κ1) is 48.2. The maximum absolute atomic E-state index is 14.2. The molecule has 358 valence electrons. The van der Waals surface area contributed by atoms with Crippen LogP contribution in [0.2, 0.25) is 18.1 Å². The molecule has 16 heteroatoms. The van der Waals surface area contributed by atoms with Crippen molar-refractivity contribution in [2.45, 2.75) is 92.0 Å². The van der Waals surface area contributed by atoms with Crippen molar-refractivity contribution in [3.05, 3.63) is 154 Å². The van der Waals surface area contributed by atoms with E-state index in [0.29, 0.717) is 89.9 Å². The van der Waals surface area contributed by atoms with Crippen molar-refractivity contribution in [3.8, 4) is 46.0 Å². The van der Waals surface area contributed by atoms with E-state index < -0.39 is 14.2 Å². The molecule has 4 aromatic carbocycles. The Labute approximate surface area is 404 Å². The molecule has 1 amide bonds. The topological polar surface area (TPSA) is 154 Å². The number of carbonyl (C=O) groups is 1. The Morgan fingerprint density at radius 1 is 0.768 bits per heavy atom. The maximum Gasteiger partial charge on any atom is 0.287 e. The van der Waals surface area contributed by atoms with Crippen LogP contribution in [0.15, 0.2) is 109 Å². The molecular weight excluding hydrogens is 887 g/mol. The molecule has 0 saturated heterocycles. The van der Waals surface area contributed by atoms with Gasteiger partial charge in [-0.05, 0) is 84.9 Å². The second-order valence-electron chi connectivity index (χ2n) is 18.6. The van der Waals surface area contributed by atoms with Crippen molar-refractivity contribution in [2.24, 2.45) is 0 Å². The van der Waals surface area contributed by atoms with Gasteiger partial charge in [-0.25, -0.2) is 4.98 Å². The number of imidazole rings is 1. The van der Waals surface area contributed by atoms with E-state index in [-0.39, 0.29) is 17.4 Å². The fraction of sp³-hybridized carbons (Fsp3) is 0.321. The lowest BCUT2D eigenvalue weighted by Gasteiger charge is -2.36. The van der Waals surface area contributed by atoms with Crippen LogP contribution in [0.3, 0.4) is 0 Å². The predicted molar refractivity (Wildman–Crippen MR) is 268 cm³/mol. The van der Waals surface area contributed by atoms with E-state index in [1.807, 2.05) is 89.8 Å². The van der Waals surface area contributed by atoms with E-state index in [4.69, 9.17) is 43.7 Å². The molecule has 4 heterocycles. The molecule has 0 spiro atoms. The van der Waals surface area contributed by atoms with Crippen molar-refractivity contribution < 1.29 is 28.2 Å². The lowest BCUT2D eigenvalue weighted by molar-refractivity contribution is 0.0939. The molecule has 0 aliphatic rings. The average molecular weight is 948 g/mol. The Balaban J connectivity index is 1.19. The SMILES string of the molecule is COc1ccc(Cn2c(-c3nc(C(=O)NCc4ccc(OC)cc4OC)n4cc(C)ncc34)nnc2-c2c(OCc3ccccc3)c(C)nn2CCc2ccc(CO[Si](C)(C)C(C)(C)C)cc2)cc1. The zero-order valence-corrected chi connectivity index (χ0v) is 42.2. The van der Waals surface area contributed by atoms with Gasteiger partial charge in [-0.3, -0.25) is 23.4 Å². The molecule has 0 aliphatic heterocycles. The number of hydrogen-bond donors (Lipinski definition) is 1. The van der Waals surface area contributed by atoms with Crippen LogP contribution in [-0.4, -0.2) is 74.5 Å². The number of benzene rings is 4. The van der Waals surface area contributed by atoms with Gasteiger partial charge in [0, 0.05) is 30.9 Å². The number of nitrogens with zero attached hydrogens (tertiary/aromatic N) is 8. The third-order valence-corrected chi connectivity index (χ3v) is 17.3. The molecule has 0 unspecified atom stereocenters. The maximum atomic E-state index is 14.2. The zero-order valence-electron chi connectivity index (χ0n) is 41.2. The Morgan fingerprint density at radius 2 is 1.43 bits per heavy atom. The third kappa shape index (κ3) is 10.7. The van der Waals surface area contributed by atoms with Crippen LogP contribution >= 0.6 is 0 Å². The van der Waals surface area contributed by atoms with Crippen LogP contribution in [0.25, 0.3) is 28.6 Å². The summed E-state index contributed by atoms with van der Waals surface area (Å²) >= 11 is 0. The minimum absolute atomic E-state index is 0.131. The summed E-state index contributed by atoms with van der Waals surface area (Å²) in [7, 11) is 2.92. The molecule has 69 heavy (non-hydrogen) atoms. The molecule has 0 aliphatic carbocycles. The first-order valence-electron chi connectivity index (χ1n) is 23.0. The van der Waals surface area contributed by atoms with Crippen LogP contribution in [0.5, 0.6) is 23.0 Å². The molecule has 0 bridgehead atoms. The largest absolute Gasteiger partial charge is 0.497 e. The van der Waals surface area contributed by atoms with Crippen LogP contribution in [0.4, 0.5) is 0 Å². The quantitative estimate of drug-likeness (QED) is 0.0771. The van der Waals surface area contributed by atoms with Gasteiger partial charge in [0.05, 0.1) is 51.9 Å². The highest BCUT2D eigenvalue weighted by molar-refractivity contribution is 6.74. The second-order valence-corrected chi connectivity index (χ2v) is 23.4. The van der Waals surface area contributed by atoms with Crippen LogP contribution in [0.1, 0.15) is 70.6 Å². The normalized spacial score (nSPS) is 11.8. The second kappa shape index (κ2) is 20.5. The predicted octanol–water partition coefficient (Wildman–Crippen LogP) is 9.82. The molecule has 8 aromatic rings. The molecule has 8 rings (SSSR count). The number of fused-ring (bicyclic) bond motifs is 1. The van der Waals surface area contributed by atoms with Gasteiger partial charge in [0.15, 0.2) is 25.7 Å². The van der Waals surface area contributed by atoms with Crippen molar-refractivity contribution in [1.82, 2.24) is 44.2 Å². The summed E-state index contributed by atoms with van der Waals surface area (Å²) in [5.41, 5.74) is 8.11. The third-order valence-electron chi connectivity index (χ3n) is 12.8. The molecule has 0 fully saturated rings. The minimum atomic E-state index is -1.90. The van der Waals surface area contributed by atoms with Gasteiger partial charge >= 0.3 is 0 Å². The standard InChI is InChI=1S/C53H61N9O6Si/c1-35-31-60-44(30-54-35)46(56-51(60)52(63)55-29-41-22-25-43(65-7)28-45(41)66-8)49-57-58-50(61(49)32-38-20-23-42(64-6)24-21-38)47-48(67-33-39-14-12-11-13-15-39)36(2)59-62(47)27-26-37-16-18-40(19-17-37)34-68-69(9,10)53(3,4)5/h11-25,28,30-31H,26-27,29,32-34H2,1-10H3,(H,55,63). The summed E-state index contributed by atoms with van der Waals surface area (Å²) in [6, 6.07) is 32.0. The fourth-order valence-electron chi connectivity index (χ4n) is 7.74. The van der Waals surface area contributed by atoms with Crippen LogP contribution in [0, 0.1) is 13.8 Å². The highest BCUT2D eigenvalue weighted by Crippen LogP contribution is 2.38. The van der Waals surface area contributed by atoms with Gasteiger partial charge in [-0.1, -0.05) is 87.5 Å². The van der Waals surface area contributed by atoms with Gasteiger partial charge in [-0.2, -0.15) is 5.10 Å². The molecule has 4 aromatic heterocycles. The Kier molecular flexibility index (Phi) is 14.3. The molecule has 0 saturated carbocycles. The summed E-state index contributed by atoms with van der Waals surface area (Å²) in [5, 5.41) is 18.1. The number of aryl methyl sites for hydroxylation is 4. The van der Waals surface area contributed by atoms with Gasteiger partial charge in [0.2, 0.25) is 5.82 Å². The van der Waals surface area contributed by atoms with Gasteiger partial charge in [0.1, 0.15) is 40.9 Å². The summed E-state index contributed by atoms with van der Waals surface area (Å²) in [4.78, 5) is 23.9. The van der Waals surface area contributed by atoms with Gasteiger partial charge in [-0.15, -0.1) is 10.2 Å². The van der Waals surface area contributed by atoms with Gasteiger partial charge < -0.3 is 28.7 Å². The monoisotopic (exact) mass is 947 g/mol. The summed E-state index contributed by atoms with van der Waals surface area (Å²) in [5.74, 6) is 3.25. The van der Waals surface area contributed by atoms with Gasteiger partial charge in [0.25, 0.3) is 5.91 Å². The number of nitrogens with one attached hydrogen (secondary N) is 1. The smallest absolute Gasteiger partial charge is 0.287 e. The number of carbonyl (C=O) groups excluding carboxylic acids is 1. The molecule has 1 N–H and O–H groups in total. The molecule has 0 radical (unpaired) electrons. The molecule has 15 nitrogen and oxygen atoms in total. The van der Waals surface area contributed by atoms with E-state index in [0.717, 1.165) is 33.6 Å². The van der Waals surface area contributed by atoms with Crippen molar-refractivity contribution >= 4 is 19.7 Å². The number of aromatic nitrogens is 8. The average Bonchev–Trinajstić information content (AvgIpc) is 4.03. The number of hydrogen-bond acceptors (Lipinski definition) is 11. The highest BCUT2D eigenvalue weighted by atomic mass is 28.4. The van der Waals surface area contributed by atoms with Crippen LogP contribution in [-0.2, 0) is 43.7 Å². The Hall–Kier alpha value is -7.30. The number of methoxy groups -OCH3 is 3. The summed E-state index contributed by atoms with van der Waals surface area (Å²) in [6.45, 7) is 17.1. The minimum Gasteiger partial charge on any atom is -0.497 e. The van der Waals surface area contributed by atoms with Crippen molar-refractivity contribution in [2.75, 3.05) is 21.3 Å². The van der Waals surface area contributed by atoms with E-state index in [9.17, 15) is 4.79 Å². The highest BCUT2D eigenvalue weighted by Gasteiger charge is 2.37. The lowest BCUT2D eigenvalue weighted by Crippen LogP contribution is -2.40. The van der Waals surface area contributed by atoms with Crippen molar-refractivity contribution in [3.63, 3.8) is 0 Å². The van der Waals surface area contributed by atoms with E-state index >= 15 is 0 Å². The molecule has 0 atom stereocenters. The first-order valence-corrected chi connectivity index (χ1v) is 25.9. The van der Waals surface area contributed by atoms with E-state index in [2.05, 4.69) is 68.4 Å². The summed E-state index contributed by atoms with van der Waals surface area (Å²) in [6.07, 6.45) is 4.19. The van der Waals surface area contributed by atoms with E-state index in [1.54, 1.807) is 44.2 Å². The van der Waals surface area contributed by atoms with E-state index in [1.165, 1.54) is 0 Å². The molecular formula is C53H61N9O6Si. The number of rotatable bonds is 19. The Bertz CT molecular complexity index is 3050. The Morgan fingerprint density at radius 3 is 2.13 bits per heavy atom. The first-order chi connectivity index (χ1) is 33.2.